The maximum atomic E-state index is 12.1. The molecular weight excluding hydrogens is 304 g/mol. The van der Waals surface area contributed by atoms with Gasteiger partial charge in [0.25, 0.3) is 5.91 Å². The minimum absolute atomic E-state index is 0.0813. The van der Waals surface area contributed by atoms with Crippen LogP contribution in [0.15, 0.2) is 36.7 Å². The Morgan fingerprint density at radius 2 is 1.79 bits per heavy atom. The van der Waals surface area contributed by atoms with Crippen LogP contribution in [0.5, 0.6) is 0 Å². The average Bonchev–Trinajstić information content (AvgIpc) is 2.62. The summed E-state index contributed by atoms with van der Waals surface area (Å²) in [4.78, 5) is 29.6. The number of amides is 1. The molecule has 0 aliphatic carbocycles. The van der Waals surface area contributed by atoms with Crippen LogP contribution in [0.3, 0.4) is 0 Å². The lowest BCUT2D eigenvalue weighted by Crippen LogP contribution is -2.47. The van der Waals surface area contributed by atoms with Gasteiger partial charge in [0, 0.05) is 44.6 Å². The number of anilines is 2. The van der Waals surface area contributed by atoms with Crippen molar-refractivity contribution in [3.8, 4) is 0 Å². The fraction of sp³-hybridized carbons (Fsp3) is 0.412. The number of carbonyl (C=O) groups excluding carboxylic acids is 1. The molecule has 7 nitrogen and oxygen atoms in total. The van der Waals surface area contributed by atoms with E-state index in [-0.39, 0.29) is 11.9 Å². The monoisotopic (exact) mass is 326 g/mol. The highest BCUT2D eigenvalue weighted by atomic mass is 16.1. The van der Waals surface area contributed by atoms with E-state index in [0.29, 0.717) is 11.6 Å². The van der Waals surface area contributed by atoms with Gasteiger partial charge in [-0.15, -0.1) is 0 Å². The SMILES string of the molecule is CC(C)NC(=O)c1ccnc(N2CCN(c3ccccn3)CC2)n1. The largest absolute Gasteiger partial charge is 0.353 e. The summed E-state index contributed by atoms with van der Waals surface area (Å²) in [7, 11) is 0. The van der Waals surface area contributed by atoms with E-state index in [0.717, 1.165) is 32.0 Å². The van der Waals surface area contributed by atoms with Gasteiger partial charge < -0.3 is 15.1 Å². The van der Waals surface area contributed by atoms with Gasteiger partial charge >= 0.3 is 0 Å². The fourth-order valence-corrected chi connectivity index (χ4v) is 2.64. The van der Waals surface area contributed by atoms with Gasteiger partial charge in [0.15, 0.2) is 0 Å². The van der Waals surface area contributed by atoms with Crippen LogP contribution in [0.25, 0.3) is 0 Å². The number of hydrogen-bond acceptors (Lipinski definition) is 6. The summed E-state index contributed by atoms with van der Waals surface area (Å²) in [6.45, 7) is 7.15. The second-order valence-corrected chi connectivity index (χ2v) is 6.03. The average molecular weight is 326 g/mol. The van der Waals surface area contributed by atoms with Crippen molar-refractivity contribution < 1.29 is 4.79 Å². The van der Waals surface area contributed by atoms with E-state index in [1.165, 1.54) is 0 Å². The predicted octanol–water partition coefficient (Wildman–Crippen LogP) is 1.34. The van der Waals surface area contributed by atoms with Crippen LogP contribution in [0.2, 0.25) is 0 Å². The zero-order chi connectivity index (χ0) is 16.9. The van der Waals surface area contributed by atoms with E-state index in [1.807, 2.05) is 38.2 Å². The number of rotatable bonds is 4. The molecule has 0 unspecified atom stereocenters. The molecule has 3 rings (SSSR count). The highest BCUT2D eigenvalue weighted by Gasteiger charge is 2.20. The molecule has 0 atom stereocenters. The lowest BCUT2D eigenvalue weighted by atomic mass is 10.3. The van der Waals surface area contributed by atoms with Gasteiger partial charge in [0.05, 0.1) is 0 Å². The Bertz CT molecular complexity index is 682. The third kappa shape index (κ3) is 3.79. The smallest absolute Gasteiger partial charge is 0.270 e. The normalized spacial score (nSPS) is 14.8. The van der Waals surface area contributed by atoms with Gasteiger partial charge in [-0.05, 0) is 32.0 Å². The molecule has 1 aliphatic rings. The summed E-state index contributed by atoms with van der Waals surface area (Å²) in [5.41, 5.74) is 0.404. The van der Waals surface area contributed by atoms with E-state index in [2.05, 4.69) is 30.1 Å². The van der Waals surface area contributed by atoms with Gasteiger partial charge in [-0.3, -0.25) is 4.79 Å². The first kappa shape index (κ1) is 16.2. The third-order valence-electron chi connectivity index (χ3n) is 3.83. The van der Waals surface area contributed by atoms with Crippen LogP contribution in [0, 0.1) is 0 Å². The standard InChI is InChI=1S/C17H22N6O/c1-13(2)20-16(24)14-6-8-19-17(21-14)23-11-9-22(10-12-23)15-5-3-4-7-18-15/h3-8,13H,9-12H2,1-2H3,(H,20,24). The summed E-state index contributed by atoms with van der Waals surface area (Å²) in [6, 6.07) is 7.66. The lowest BCUT2D eigenvalue weighted by Gasteiger charge is -2.35. The molecule has 0 aromatic carbocycles. The molecule has 0 radical (unpaired) electrons. The van der Waals surface area contributed by atoms with Gasteiger partial charge in [0.1, 0.15) is 11.5 Å². The minimum atomic E-state index is -0.166. The van der Waals surface area contributed by atoms with Gasteiger partial charge in [0.2, 0.25) is 5.95 Å². The Labute approximate surface area is 141 Å². The fourth-order valence-electron chi connectivity index (χ4n) is 2.64. The van der Waals surface area contributed by atoms with Crippen molar-refractivity contribution in [1.29, 1.82) is 0 Å². The van der Waals surface area contributed by atoms with Crippen molar-refractivity contribution in [3.63, 3.8) is 0 Å². The van der Waals surface area contributed by atoms with Crippen molar-refractivity contribution in [1.82, 2.24) is 20.3 Å². The van der Waals surface area contributed by atoms with E-state index < -0.39 is 0 Å². The molecule has 7 heteroatoms. The van der Waals surface area contributed by atoms with E-state index in [1.54, 1.807) is 12.3 Å². The number of hydrogen-bond donors (Lipinski definition) is 1. The second-order valence-electron chi connectivity index (χ2n) is 6.03. The number of aromatic nitrogens is 3. The van der Waals surface area contributed by atoms with E-state index >= 15 is 0 Å². The highest BCUT2D eigenvalue weighted by Crippen LogP contribution is 2.16. The van der Waals surface area contributed by atoms with E-state index in [9.17, 15) is 4.79 Å². The van der Waals surface area contributed by atoms with Gasteiger partial charge in [-0.1, -0.05) is 6.07 Å². The van der Waals surface area contributed by atoms with Crippen LogP contribution < -0.4 is 15.1 Å². The number of nitrogens with one attached hydrogen (secondary N) is 1. The van der Waals surface area contributed by atoms with Crippen LogP contribution in [0.1, 0.15) is 24.3 Å². The molecule has 2 aromatic rings. The number of nitrogens with zero attached hydrogens (tertiary/aromatic N) is 5. The molecule has 1 amide bonds. The first-order chi connectivity index (χ1) is 11.6. The van der Waals surface area contributed by atoms with Crippen molar-refractivity contribution >= 4 is 17.7 Å². The Morgan fingerprint density at radius 1 is 1.04 bits per heavy atom. The van der Waals surface area contributed by atoms with Gasteiger partial charge in [-0.25, -0.2) is 15.0 Å². The summed E-state index contributed by atoms with van der Waals surface area (Å²) >= 11 is 0. The third-order valence-corrected chi connectivity index (χ3v) is 3.83. The van der Waals surface area contributed by atoms with E-state index in [4.69, 9.17) is 0 Å². The molecule has 1 saturated heterocycles. The summed E-state index contributed by atoms with van der Waals surface area (Å²) < 4.78 is 0. The molecule has 1 aliphatic heterocycles. The lowest BCUT2D eigenvalue weighted by molar-refractivity contribution is 0.0938. The van der Waals surface area contributed by atoms with Crippen LogP contribution >= 0.6 is 0 Å². The molecule has 0 bridgehead atoms. The topological polar surface area (TPSA) is 74.2 Å². The second kappa shape index (κ2) is 7.25. The molecule has 1 N–H and O–H groups in total. The first-order valence-corrected chi connectivity index (χ1v) is 8.18. The van der Waals surface area contributed by atoms with Crippen LogP contribution in [-0.2, 0) is 0 Å². The quantitative estimate of drug-likeness (QED) is 0.914. The van der Waals surface area contributed by atoms with Gasteiger partial charge in [-0.2, -0.15) is 0 Å². The highest BCUT2D eigenvalue weighted by molar-refractivity contribution is 5.92. The molecule has 24 heavy (non-hydrogen) atoms. The molecule has 3 heterocycles. The number of piperazine rings is 1. The first-order valence-electron chi connectivity index (χ1n) is 8.18. The summed E-state index contributed by atoms with van der Waals surface area (Å²) in [5, 5.41) is 2.85. The Morgan fingerprint density at radius 3 is 2.46 bits per heavy atom. The Balaban J connectivity index is 1.65. The van der Waals surface area contributed by atoms with Crippen LogP contribution in [-0.4, -0.2) is 53.1 Å². The maximum absolute atomic E-state index is 12.1. The summed E-state index contributed by atoms with van der Waals surface area (Å²) in [6.07, 6.45) is 3.45. The van der Waals surface area contributed by atoms with Crippen molar-refractivity contribution in [3.05, 3.63) is 42.4 Å². The molecule has 2 aromatic heterocycles. The maximum Gasteiger partial charge on any atom is 0.270 e. The van der Waals surface area contributed by atoms with Crippen molar-refractivity contribution in [2.45, 2.75) is 19.9 Å². The minimum Gasteiger partial charge on any atom is -0.353 e. The zero-order valence-electron chi connectivity index (χ0n) is 14.0. The predicted molar refractivity (Wildman–Crippen MR) is 93.3 cm³/mol. The molecule has 126 valence electrons. The molecular formula is C17H22N6O. The molecule has 1 fully saturated rings. The van der Waals surface area contributed by atoms with Crippen molar-refractivity contribution in [2.75, 3.05) is 36.0 Å². The molecule has 0 spiro atoms. The Kier molecular flexibility index (Phi) is 4.88. The summed E-state index contributed by atoms with van der Waals surface area (Å²) in [5.74, 6) is 1.43. The number of carbonyl (C=O) groups is 1. The van der Waals surface area contributed by atoms with Crippen molar-refractivity contribution in [2.24, 2.45) is 0 Å². The number of pyridine rings is 1. The molecule has 0 saturated carbocycles. The zero-order valence-corrected chi connectivity index (χ0v) is 14.0. The van der Waals surface area contributed by atoms with Crippen LogP contribution in [0.4, 0.5) is 11.8 Å². The Hall–Kier alpha value is -2.70.